The maximum Gasteiger partial charge on any atom is 0.123 e. The van der Waals surface area contributed by atoms with Crippen LogP contribution in [0.4, 0.5) is 4.39 Å². The molecule has 0 aliphatic carbocycles. The first kappa shape index (κ1) is 13.7. The Morgan fingerprint density at radius 2 is 1.81 bits per heavy atom. The van der Waals surface area contributed by atoms with Crippen molar-refractivity contribution in [3.63, 3.8) is 0 Å². The van der Waals surface area contributed by atoms with Gasteiger partial charge in [0.25, 0.3) is 0 Å². The van der Waals surface area contributed by atoms with E-state index < -0.39 is 0 Å². The summed E-state index contributed by atoms with van der Waals surface area (Å²) in [6.07, 6.45) is 3.77. The predicted octanol–water partition coefficient (Wildman–Crippen LogP) is 4.22. The van der Waals surface area contributed by atoms with Crippen molar-refractivity contribution in [2.45, 2.75) is 19.5 Å². The topological polar surface area (TPSA) is 24.9 Å². The van der Waals surface area contributed by atoms with E-state index in [0.717, 1.165) is 17.5 Å². The maximum absolute atomic E-state index is 12.9. The third-order valence-corrected chi connectivity index (χ3v) is 3.72. The van der Waals surface area contributed by atoms with Crippen LogP contribution in [0.1, 0.15) is 24.1 Å². The van der Waals surface area contributed by atoms with Crippen molar-refractivity contribution < 1.29 is 4.39 Å². The molecule has 0 saturated heterocycles. The minimum absolute atomic E-state index is 0.157. The van der Waals surface area contributed by atoms with Gasteiger partial charge in [-0.15, -0.1) is 0 Å². The Kier molecular flexibility index (Phi) is 3.93. The van der Waals surface area contributed by atoms with Gasteiger partial charge < -0.3 is 5.32 Å². The molecular weight excluding hydrogens is 263 g/mol. The summed E-state index contributed by atoms with van der Waals surface area (Å²) in [6.45, 7) is 2.80. The molecule has 3 heteroatoms. The number of nitrogens with one attached hydrogen (secondary N) is 1. The Bertz CT molecular complexity index is 732. The number of rotatable bonds is 4. The zero-order valence-corrected chi connectivity index (χ0v) is 11.9. The minimum atomic E-state index is -0.204. The molecule has 1 aromatic heterocycles. The van der Waals surface area contributed by atoms with E-state index in [1.165, 1.54) is 23.1 Å². The zero-order valence-electron chi connectivity index (χ0n) is 11.9. The second-order valence-electron chi connectivity index (χ2n) is 5.17. The van der Waals surface area contributed by atoms with Crippen LogP contribution in [0.25, 0.3) is 10.8 Å². The third-order valence-electron chi connectivity index (χ3n) is 3.72. The number of hydrogen-bond donors (Lipinski definition) is 1. The number of pyridine rings is 1. The van der Waals surface area contributed by atoms with E-state index in [1.807, 2.05) is 36.7 Å². The number of halogens is 1. The van der Waals surface area contributed by atoms with E-state index in [2.05, 4.69) is 29.4 Å². The second kappa shape index (κ2) is 6.02. The van der Waals surface area contributed by atoms with Crippen LogP contribution >= 0.6 is 0 Å². The third kappa shape index (κ3) is 3.09. The van der Waals surface area contributed by atoms with Crippen LogP contribution in [-0.2, 0) is 6.54 Å². The highest BCUT2D eigenvalue weighted by Crippen LogP contribution is 2.19. The second-order valence-corrected chi connectivity index (χ2v) is 5.17. The van der Waals surface area contributed by atoms with E-state index in [-0.39, 0.29) is 11.9 Å². The van der Waals surface area contributed by atoms with E-state index in [0.29, 0.717) is 0 Å². The molecule has 0 unspecified atom stereocenters. The number of nitrogens with zero attached hydrogens (tertiary/aromatic N) is 1. The molecule has 21 heavy (non-hydrogen) atoms. The first-order valence-electron chi connectivity index (χ1n) is 7.04. The summed E-state index contributed by atoms with van der Waals surface area (Å²) in [5.74, 6) is -0.204. The van der Waals surface area contributed by atoms with Gasteiger partial charge in [0.1, 0.15) is 5.82 Å². The molecule has 0 aliphatic heterocycles. The molecule has 0 spiro atoms. The Balaban J connectivity index is 1.76. The Morgan fingerprint density at radius 3 is 2.62 bits per heavy atom. The molecule has 3 aromatic rings. The van der Waals surface area contributed by atoms with Crippen LogP contribution in [0.5, 0.6) is 0 Å². The molecule has 0 radical (unpaired) electrons. The lowest BCUT2D eigenvalue weighted by atomic mass is 10.1. The normalized spacial score (nSPS) is 12.5. The first-order valence-corrected chi connectivity index (χ1v) is 7.04. The highest BCUT2D eigenvalue weighted by molar-refractivity contribution is 5.84. The SMILES string of the molecule is C[C@@H](NCc1cncc2ccccc12)c1ccc(F)cc1. The fourth-order valence-electron chi connectivity index (χ4n) is 2.45. The molecular formula is C18H17FN2. The van der Waals surface area contributed by atoms with E-state index in [4.69, 9.17) is 0 Å². The van der Waals surface area contributed by atoms with Crippen molar-refractivity contribution in [3.8, 4) is 0 Å². The standard InChI is InChI=1S/C18H17FN2/c1-13(14-6-8-17(19)9-7-14)21-12-16-11-20-10-15-4-2-3-5-18(15)16/h2-11,13,21H,12H2,1H3/t13-/m1/s1. The molecule has 1 atom stereocenters. The lowest BCUT2D eigenvalue weighted by Gasteiger charge is -2.15. The first-order chi connectivity index (χ1) is 10.2. The van der Waals surface area contributed by atoms with Crippen molar-refractivity contribution in [2.24, 2.45) is 0 Å². The van der Waals surface area contributed by atoms with Crippen LogP contribution in [0.15, 0.2) is 60.9 Å². The lowest BCUT2D eigenvalue weighted by molar-refractivity contribution is 0.572. The summed E-state index contributed by atoms with van der Waals surface area (Å²) >= 11 is 0. The van der Waals surface area contributed by atoms with E-state index in [9.17, 15) is 4.39 Å². The number of benzene rings is 2. The van der Waals surface area contributed by atoms with Gasteiger partial charge in [-0.3, -0.25) is 4.98 Å². The van der Waals surface area contributed by atoms with Gasteiger partial charge in [-0.25, -0.2) is 4.39 Å². The monoisotopic (exact) mass is 280 g/mol. The van der Waals surface area contributed by atoms with Crippen LogP contribution in [0.3, 0.4) is 0 Å². The molecule has 0 fully saturated rings. The molecule has 1 N–H and O–H groups in total. The van der Waals surface area contributed by atoms with Crippen molar-refractivity contribution in [2.75, 3.05) is 0 Å². The maximum atomic E-state index is 12.9. The van der Waals surface area contributed by atoms with Gasteiger partial charge in [-0.1, -0.05) is 36.4 Å². The highest BCUT2D eigenvalue weighted by atomic mass is 19.1. The zero-order chi connectivity index (χ0) is 14.7. The molecule has 2 nitrogen and oxygen atoms in total. The lowest BCUT2D eigenvalue weighted by Crippen LogP contribution is -2.18. The number of hydrogen-bond acceptors (Lipinski definition) is 2. The van der Waals surface area contributed by atoms with E-state index in [1.54, 1.807) is 0 Å². The van der Waals surface area contributed by atoms with Crippen LogP contribution in [0.2, 0.25) is 0 Å². The summed E-state index contributed by atoms with van der Waals surface area (Å²) in [6, 6.07) is 15.0. The number of fused-ring (bicyclic) bond motifs is 1. The van der Waals surface area contributed by atoms with Crippen molar-refractivity contribution in [3.05, 3.63) is 77.9 Å². The van der Waals surface area contributed by atoms with Gasteiger partial charge in [0.2, 0.25) is 0 Å². The van der Waals surface area contributed by atoms with Crippen LogP contribution in [0, 0.1) is 5.82 Å². The molecule has 106 valence electrons. The minimum Gasteiger partial charge on any atom is -0.306 e. The number of aromatic nitrogens is 1. The van der Waals surface area contributed by atoms with Gasteiger partial charge in [0.05, 0.1) is 0 Å². The summed E-state index contributed by atoms with van der Waals surface area (Å²) in [4.78, 5) is 4.29. The smallest absolute Gasteiger partial charge is 0.123 e. The van der Waals surface area contributed by atoms with Gasteiger partial charge in [0, 0.05) is 30.4 Å². The summed E-state index contributed by atoms with van der Waals surface area (Å²) < 4.78 is 12.9. The molecule has 1 heterocycles. The summed E-state index contributed by atoms with van der Waals surface area (Å²) in [7, 11) is 0. The molecule has 3 rings (SSSR count). The Labute approximate surface area is 123 Å². The summed E-state index contributed by atoms with van der Waals surface area (Å²) in [5, 5.41) is 5.82. The molecule has 0 aliphatic rings. The van der Waals surface area contributed by atoms with Crippen LogP contribution in [-0.4, -0.2) is 4.98 Å². The van der Waals surface area contributed by atoms with Crippen LogP contribution < -0.4 is 5.32 Å². The van der Waals surface area contributed by atoms with Crippen molar-refractivity contribution in [1.29, 1.82) is 0 Å². The average Bonchev–Trinajstić information content (AvgIpc) is 2.53. The average molecular weight is 280 g/mol. The van der Waals surface area contributed by atoms with Gasteiger partial charge in [0.15, 0.2) is 0 Å². The molecule has 0 amide bonds. The quantitative estimate of drug-likeness (QED) is 0.773. The predicted molar refractivity (Wildman–Crippen MR) is 83.4 cm³/mol. The van der Waals surface area contributed by atoms with Gasteiger partial charge >= 0.3 is 0 Å². The van der Waals surface area contributed by atoms with E-state index >= 15 is 0 Å². The van der Waals surface area contributed by atoms with Gasteiger partial charge in [-0.05, 0) is 35.6 Å². The molecule has 2 aromatic carbocycles. The van der Waals surface area contributed by atoms with Crippen molar-refractivity contribution >= 4 is 10.8 Å². The Morgan fingerprint density at radius 1 is 1.05 bits per heavy atom. The highest BCUT2D eigenvalue weighted by Gasteiger charge is 2.07. The van der Waals surface area contributed by atoms with Gasteiger partial charge in [-0.2, -0.15) is 0 Å². The largest absolute Gasteiger partial charge is 0.306 e. The molecule has 0 saturated carbocycles. The Hall–Kier alpha value is -2.26. The molecule has 0 bridgehead atoms. The van der Waals surface area contributed by atoms with Crippen molar-refractivity contribution in [1.82, 2.24) is 10.3 Å². The summed E-state index contributed by atoms with van der Waals surface area (Å²) in [5.41, 5.74) is 2.24. The fourth-order valence-corrected chi connectivity index (χ4v) is 2.45. The fraction of sp³-hybridized carbons (Fsp3) is 0.167.